The zero-order chi connectivity index (χ0) is 16.2. The maximum atomic E-state index is 12.8. The zero-order valence-corrected chi connectivity index (χ0v) is 13.6. The molecule has 0 amide bonds. The largest absolute Gasteiger partial charge is 0.360 e. The van der Waals surface area contributed by atoms with Crippen LogP contribution in [0.2, 0.25) is 0 Å². The summed E-state index contributed by atoms with van der Waals surface area (Å²) in [6, 6.07) is 9.75. The smallest absolute Gasteiger partial charge is 0.248 e. The number of aryl methyl sites for hydroxylation is 2. The third-order valence-corrected chi connectivity index (χ3v) is 5.58. The monoisotopic (exact) mass is 323 g/mol. The second-order valence-electron chi connectivity index (χ2n) is 5.08. The van der Waals surface area contributed by atoms with Crippen molar-refractivity contribution in [3.05, 3.63) is 47.3 Å². The number of hydrogen-bond donors (Lipinski definition) is 1. The molecule has 0 radical (unpaired) electrons. The van der Waals surface area contributed by atoms with Gasteiger partial charge in [0.2, 0.25) is 10.0 Å². The molecule has 0 fully saturated rings. The van der Waals surface area contributed by atoms with Gasteiger partial charge in [0.1, 0.15) is 10.6 Å². The minimum absolute atomic E-state index is 0.147. The summed E-state index contributed by atoms with van der Waals surface area (Å²) in [6.45, 7) is 4.12. The van der Waals surface area contributed by atoms with Gasteiger partial charge in [-0.15, -0.1) is 0 Å². The van der Waals surface area contributed by atoms with Crippen LogP contribution in [0.1, 0.15) is 17.0 Å². The fraction of sp³-hybridized carbons (Fsp3) is 0.400. The first-order valence-electron chi connectivity index (χ1n) is 7.14. The number of aromatic nitrogens is 1. The highest BCUT2D eigenvalue weighted by molar-refractivity contribution is 7.89. The van der Waals surface area contributed by atoms with E-state index in [0.29, 0.717) is 24.4 Å². The molecule has 0 saturated carbocycles. The molecule has 1 heterocycles. The van der Waals surface area contributed by atoms with Crippen LogP contribution >= 0.6 is 0 Å². The van der Waals surface area contributed by atoms with Gasteiger partial charge in [-0.2, -0.15) is 4.31 Å². The Labute approximate surface area is 131 Å². The molecular formula is C15H21N3O3S. The lowest BCUT2D eigenvalue weighted by Crippen LogP contribution is -2.37. The van der Waals surface area contributed by atoms with Crippen LogP contribution in [0.3, 0.4) is 0 Å². The van der Waals surface area contributed by atoms with E-state index < -0.39 is 10.0 Å². The van der Waals surface area contributed by atoms with Crippen molar-refractivity contribution in [3.63, 3.8) is 0 Å². The molecular weight excluding hydrogens is 302 g/mol. The molecule has 2 N–H and O–H groups in total. The van der Waals surface area contributed by atoms with Crippen molar-refractivity contribution >= 4 is 10.0 Å². The number of sulfonamides is 1. The summed E-state index contributed by atoms with van der Waals surface area (Å²) in [5, 5.41) is 3.73. The van der Waals surface area contributed by atoms with Crippen molar-refractivity contribution in [2.75, 3.05) is 19.6 Å². The molecule has 0 aliphatic carbocycles. The van der Waals surface area contributed by atoms with E-state index in [2.05, 4.69) is 5.16 Å². The third-order valence-electron chi connectivity index (χ3n) is 3.44. The van der Waals surface area contributed by atoms with E-state index in [0.717, 1.165) is 5.56 Å². The summed E-state index contributed by atoms with van der Waals surface area (Å²) < 4.78 is 32.0. The molecule has 0 aliphatic heterocycles. The van der Waals surface area contributed by atoms with E-state index in [1.54, 1.807) is 13.8 Å². The summed E-state index contributed by atoms with van der Waals surface area (Å²) in [7, 11) is -3.65. The third kappa shape index (κ3) is 3.55. The van der Waals surface area contributed by atoms with E-state index in [4.69, 9.17) is 10.3 Å². The van der Waals surface area contributed by atoms with Crippen molar-refractivity contribution in [2.24, 2.45) is 5.73 Å². The zero-order valence-electron chi connectivity index (χ0n) is 12.8. The first kappa shape index (κ1) is 16.7. The average Bonchev–Trinajstić information content (AvgIpc) is 2.84. The normalized spacial score (nSPS) is 12.0. The Morgan fingerprint density at radius 3 is 2.41 bits per heavy atom. The predicted octanol–water partition coefficient (Wildman–Crippen LogP) is 1.48. The molecule has 0 aliphatic rings. The molecule has 0 saturated heterocycles. The topological polar surface area (TPSA) is 89.4 Å². The highest BCUT2D eigenvalue weighted by atomic mass is 32.2. The summed E-state index contributed by atoms with van der Waals surface area (Å²) in [5.41, 5.74) is 7.04. The van der Waals surface area contributed by atoms with Crippen LogP contribution in [0.5, 0.6) is 0 Å². The van der Waals surface area contributed by atoms with Gasteiger partial charge in [0, 0.05) is 19.6 Å². The quantitative estimate of drug-likeness (QED) is 0.833. The molecule has 0 atom stereocenters. The van der Waals surface area contributed by atoms with Crippen LogP contribution in [0.15, 0.2) is 39.8 Å². The van der Waals surface area contributed by atoms with E-state index in [9.17, 15) is 8.42 Å². The first-order valence-corrected chi connectivity index (χ1v) is 8.58. The summed E-state index contributed by atoms with van der Waals surface area (Å²) >= 11 is 0. The van der Waals surface area contributed by atoms with Gasteiger partial charge >= 0.3 is 0 Å². The lowest BCUT2D eigenvalue weighted by Gasteiger charge is -2.21. The Balaban J connectivity index is 2.23. The van der Waals surface area contributed by atoms with Gasteiger partial charge in [-0.1, -0.05) is 35.5 Å². The van der Waals surface area contributed by atoms with E-state index >= 15 is 0 Å². The Morgan fingerprint density at radius 2 is 1.86 bits per heavy atom. The van der Waals surface area contributed by atoms with Crippen molar-refractivity contribution in [2.45, 2.75) is 25.2 Å². The van der Waals surface area contributed by atoms with Gasteiger partial charge in [0.05, 0.1) is 0 Å². The summed E-state index contributed by atoms with van der Waals surface area (Å²) in [6.07, 6.45) is 0.628. The van der Waals surface area contributed by atoms with Crippen LogP contribution < -0.4 is 5.73 Å². The van der Waals surface area contributed by atoms with Gasteiger partial charge in [0.15, 0.2) is 5.76 Å². The van der Waals surface area contributed by atoms with Crippen molar-refractivity contribution in [1.29, 1.82) is 0 Å². The fourth-order valence-corrected chi connectivity index (χ4v) is 4.11. The average molecular weight is 323 g/mol. The molecule has 2 aromatic rings. The minimum atomic E-state index is -3.65. The minimum Gasteiger partial charge on any atom is -0.360 e. The number of rotatable bonds is 7. The van der Waals surface area contributed by atoms with Crippen LogP contribution in [0.4, 0.5) is 0 Å². The van der Waals surface area contributed by atoms with Gasteiger partial charge < -0.3 is 10.3 Å². The van der Waals surface area contributed by atoms with Crippen molar-refractivity contribution in [3.8, 4) is 0 Å². The lowest BCUT2D eigenvalue weighted by molar-refractivity contribution is 0.388. The Kier molecular flexibility index (Phi) is 5.33. The van der Waals surface area contributed by atoms with Crippen molar-refractivity contribution < 1.29 is 12.9 Å². The van der Waals surface area contributed by atoms with Crippen LogP contribution in [-0.4, -0.2) is 37.5 Å². The molecule has 1 aromatic carbocycles. The lowest BCUT2D eigenvalue weighted by atomic mass is 10.1. The molecule has 22 heavy (non-hydrogen) atoms. The van der Waals surface area contributed by atoms with Gasteiger partial charge in [-0.05, 0) is 25.8 Å². The molecule has 7 heteroatoms. The molecule has 0 bridgehead atoms. The SMILES string of the molecule is Cc1noc(C)c1S(=O)(=O)N(CCN)CCc1ccccc1. The van der Waals surface area contributed by atoms with Gasteiger partial charge in [0.25, 0.3) is 0 Å². The molecule has 0 spiro atoms. The maximum absolute atomic E-state index is 12.8. The van der Waals surface area contributed by atoms with Crippen molar-refractivity contribution in [1.82, 2.24) is 9.46 Å². The predicted molar refractivity (Wildman–Crippen MR) is 83.9 cm³/mol. The number of nitrogens with zero attached hydrogens (tertiary/aromatic N) is 2. The van der Waals surface area contributed by atoms with Gasteiger partial charge in [-0.3, -0.25) is 0 Å². The molecule has 0 unspecified atom stereocenters. The Morgan fingerprint density at radius 1 is 1.18 bits per heavy atom. The number of hydrogen-bond acceptors (Lipinski definition) is 5. The van der Waals surface area contributed by atoms with Crippen LogP contribution in [-0.2, 0) is 16.4 Å². The Hall–Kier alpha value is -1.70. The Bertz CT molecular complexity index is 691. The maximum Gasteiger partial charge on any atom is 0.248 e. The second-order valence-corrected chi connectivity index (χ2v) is 6.96. The number of benzene rings is 1. The molecule has 2 rings (SSSR count). The van der Waals surface area contributed by atoms with E-state index in [1.165, 1.54) is 4.31 Å². The fourth-order valence-electron chi connectivity index (χ4n) is 2.37. The standard InChI is InChI=1S/C15H21N3O3S/c1-12-15(13(2)21-17-12)22(19,20)18(11-9-16)10-8-14-6-4-3-5-7-14/h3-7H,8-11,16H2,1-2H3. The summed E-state index contributed by atoms with van der Waals surface area (Å²) in [4.78, 5) is 0.147. The van der Waals surface area contributed by atoms with E-state index in [-0.39, 0.29) is 18.0 Å². The molecule has 1 aromatic heterocycles. The summed E-state index contributed by atoms with van der Waals surface area (Å²) in [5.74, 6) is 0.305. The van der Waals surface area contributed by atoms with E-state index in [1.807, 2.05) is 30.3 Å². The molecule has 120 valence electrons. The number of nitrogens with two attached hydrogens (primary N) is 1. The second kappa shape index (κ2) is 7.04. The first-order chi connectivity index (χ1) is 10.5. The van der Waals surface area contributed by atoms with Gasteiger partial charge in [-0.25, -0.2) is 8.42 Å². The molecule has 6 nitrogen and oxygen atoms in total. The van der Waals surface area contributed by atoms with Crippen LogP contribution in [0, 0.1) is 13.8 Å². The highest BCUT2D eigenvalue weighted by Gasteiger charge is 2.30. The highest BCUT2D eigenvalue weighted by Crippen LogP contribution is 2.23. The van der Waals surface area contributed by atoms with Crippen LogP contribution in [0.25, 0.3) is 0 Å².